The van der Waals surface area contributed by atoms with E-state index in [0.29, 0.717) is 6.04 Å². The maximum atomic E-state index is 5.52. The maximum Gasteiger partial charge on any atom is 0.0641 e. The van der Waals surface area contributed by atoms with Gasteiger partial charge >= 0.3 is 0 Å². The highest BCUT2D eigenvalue weighted by atomic mass is 32.1. The van der Waals surface area contributed by atoms with Crippen molar-refractivity contribution >= 4 is 11.3 Å². The highest BCUT2D eigenvalue weighted by Gasteiger charge is 2.24. The third-order valence-corrected chi connectivity index (χ3v) is 4.05. The molecule has 0 amide bonds. The molecule has 1 aromatic rings. The molecule has 92 valence electrons. The second-order valence-electron chi connectivity index (χ2n) is 4.75. The van der Waals surface area contributed by atoms with Crippen LogP contribution in [-0.4, -0.2) is 19.3 Å². The first-order valence-corrected chi connectivity index (χ1v) is 6.70. The first kappa shape index (κ1) is 13.7. The monoisotopic (exact) mass is 241 g/mol. The van der Waals surface area contributed by atoms with Gasteiger partial charge in [0.1, 0.15) is 0 Å². The van der Waals surface area contributed by atoms with Crippen molar-refractivity contribution in [3.8, 4) is 0 Å². The van der Waals surface area contributed by atoms with Crippen LogP contribution >= 0.6 is 11.3 Å². The Kier molecular flexibility index (Phi) is 4.96. The third kappa shape index (κ3) is 3.58. The smallest absolute Gasteiger partial charge is 0.0641 e. The van der Waals surface area contributed by atoms with Gasteiger partial charge in [-0.2, -0.15) is 0 Å². The van der Waals surface area contributed by atoms with Crippen LogP contribution in [0.4, 0.5) is 0 Å². The van der Waals surface area contributed by atoms with E-state index in [1.807, 2.05) is 11.3 Å². The first-order valence-electron chi connectivity index (χ1n) is 5.82. The number of aryl methyl sites for hydroxylation is 1. The molecule has 1 N–H and O–H groups in total. The van der Waals surface area contributed by atoms with Crippen LogP contribution in [-0.2, 0) is 4.74 Å². The fourth-order valence-electron chi connectivity index (χ4n) is 1.82. The van der Waals surface area contributed by atoms with Gasteiger partial charge in [0.2, 0.25) is 0 Å². The van der Waals surface area contributed by atoms with Crippen molar-refractivity contribution < 1.29 is 4.74 Å². The minimum Gasteiger partial charge on any atom is -0.379 e. The summed E-state index contributed by atoms with van der Waals surface area (Å²) < 4.78 is 5.52. The van der Waals surface area contributed by atoms with Crippen molar-refractivity contribution in [2.75, 3.05) is 13.7 Å². The molecule has 1 atom stereocenters. The summed E-state index contributed by atoms with van der Waals surface area (Å²) in [6, 6.07) is 2.59. The minimum absolute atomic E-state index is 0.0801. The number of hydrogen-bond acceptors (Lipinski definition) is 3. The Hall–Kier alpha value is -0.380. The molecule has 0 aliphatic rings. The van der Waals surface area contributed by atoms with E-state index >= 15 is 0 Å². The number of nitrogens with one attached hydrogen (secondary N) is 1. The lowest BCUT2D eigenvalue weighted by atomic mass is 9.96. The second-order valence-corrected chi connectivity index (χ2v) is 5.69. The Balaban J connectivity index is 2.80. The molecule has 1 rings (SSSR count). The molecule has 1 heterocycles. The summed E-state index contributed by atoms with van der Waals surface area (Å²) in [5.41, 5.74) is 1.30. The predicted molar refractivity (Wildman–Crippen MR) is 71.2 cm³/mol. The van der Waals surface area contributed by atoms with E-state index in [0.717, 1.165) is 13.0 Å². The number of ether oxygens (including phenoxy) is 1. The molecule has 0 aromatic carbocycles. The fraction of sp³-hybridized carbons (Fsp3) is 0.692. The summed E-state index contributed by atoms with van der Waals surface area (Å²) in [7, 11) is 1.78. The molecule has 0 fully saturated rings. The molecule has 1 unspecified atom stereocenters. The zero-order chi connectivity index (χ0) is 12.2. The summed E-state index contributed by atoms with van der Waals surface area (Å²) in [6.45, 7) is 9.59. The van der Waals surface area contributed by atoms with Crippen LogP contribution in [0.5, 0.6) is 0 Å². The zero-order valence-corrected chi connectivity index (χ0v) is 11.8. The minimum atomic E-state index is -0.0801. The van der Waals surface area contributed by atoms with Gasteiger partial charge in [-0.25, -0.2) is 0 Å². The third-order valence-electron chi connectivity index (χ3n) is 2.92. The van der Waals surface area contributed by atoms with Crippen molar-refractivity contribution in [1.29, 1.82) is 0 Å². The fourth-order valence-corrected chi connectivity index (χ4v) is 2.82. The number of hydrogen-bond donors (Lipinski definition) is 1. The van der Waals surface area contributed by atoms with E-state index in [1.54, 1.807) is 7.11 Å². The summed E-state index contributed by atoms with van der Waals surface area (Å²) in [6.07, 6.45) is 0.999. The van der Waals surface area contributed by atoms with Gasteiger partial charge in [-0.1, -0.05) is 6.92 Å². The van der Waals surface area contributed by atoms with E-state index in [-0.39, 0.29) is 5.60 Å². The lowest BCUT2D eigenvalue weighted by Gasteiger charge is -2.29. The average Bonchev–Trinajstić information content (AvgIpc) is 2.64. The average molecular weight is 241 g/mol. The van der Waals surface area contributed by atoms with E-state index < -0.39 is 0 Å². The van der Waals surface area contributed by atoms with Crippen LogP contribution in [0.15, 0.2) is 11.4 Å². The van der Waals surface area contributed by atoms with Crippen LogP contribution in [0.3, 0.4) is 0 Å². The van der Waals surface area contributed by atoms with Crippen LogP contribution in [0.25, 0.3) is 0 Å². The van der Waals surface area contributed by atoms with Crippen molar-refractivity contribution in [1.82, 2.24) is 5.32 Å². The van der Waals surface area contributed by atoms with Crippen LogP contribution in [0.1, 0.15) is 43.7 Å². The van der Waals surface area contributed by atoms with Gasteiger partial charge in [-0.15, -0.1) is 11.3 Å². The van der Waals surface area contributed by atoms with Gasteiger partial charge < -0.3 is 10.1 Å². The van der Waals surface area contributed by atoms with Gasteiger partial charge in [0, 0.05) is 18.0 Å². The molecule has 3 heteroatoms. The van der Waals surface area contributed by atoms with Crippen molar-refractivity contribution in [3.63, 3.8) is 0 Å². The maximum absolute atomic E-state index is 5.52. The number of thiophene rings is 1. The highest BCUT2D eigenvalue weighted by Crippen LogP contribution is 2.31. The summed E-state index contributed by atoms with van der Waals surface area (Å²) in [4.78, 5) is 1.44. The van der Waals surface area contributed by atoms with Crippen molar-refractivity contribution in [2.45, 2.75) is 45.8 Å². The topological polar surface area (TPSA) is 21.3 Å². The quantitative estimate of drug-likeness (QED) is 0.822. The lowest BCUT2D eigenvalue weighted by Crippen LogP contribution is -2.31. The molecular weight excluding hydrogens is 218 g/mol. The van der Waals surface area contributed by atoms with Crippen molar-refractivity contribution in [2.24, 2.45) is 0 Å². The van der Waals surface area contributed by atoms with Gasteiger partial charge in [0.05, 0.1) is 5.60 Å². The Labute approximate surface area is 103 Å². The predicted octanol–water partition coefficient (Wildman–Crippen LogP) is 3.52. The van der Waals surface area contributed by atoms with Crippen molar-refractivity contribution in [3.05, 3.63) is 21.9 Å². The molecule has 0 aliphatic carbocycles. The molecule has 0 radical (unpaired) electrons. The molecule has 0 spiro atoms. The molecular formula is C13H23NOS. The molecule has 0 aliphatic heterocycles. The van der Waals surface area contributed by atoms with Gasteiger partial charge in [-0.3, -0.25) is 0 Å². The molecule has 2 nitrogen and oxygen atoms in total. The molecule has 0 saturated carbocycles. The SMILES string of the molecule is CCNC(CC(C)(C)OC)c1sccc1C. The Bertz CT molecular complexity index is 319. The zero-order valence-electron chi connectivity index (χ0n) is 11.0. The van der Waals surface area contributed by atoms with Crippen LogP contribution < -0.4 is 5.32 Å². The summed E-state index contributed by atoms with van der Waals surface area (Å²) in [5, 5.41) is 5.71. The summed E-state index contributed by atoms with van der Waals surface area (Å²) in [5.74, 6) is 0. The van der Waals surface area contributed by atoms with E-state index in [1.165, 1.54) is 10.4 Å². The Morgan fingerprint density at radius 1 is 1.50 bits per heavy atom. The first-order chi connectivity index (χ1) is 7.50. The lowest BCUT2D eigenvalue weighted by molar-refractivity contribution is 0.00723. The molecule has 0 bridgehead atoms. The van der Waals surface area contributed by atoms with E-state index in [2.05, 4.69) is 44.5 Å². The Morgan fingerprint density at radius 3 is 2.62 bits per heavy atom. The van der Waals surface area contributed by atoms with Crippen LogP contribution in [0.2, 0.25) is 0 Å². The highest BCUT2D eigenvalue weighted by molar-refractivity contribution is 7.10. The number of methoxy groups -OCH3 is 1. The largest absolute Gasteiger partial charge is 0.379 e. The van der Waals surface area contributed by atoms with Gasteiger partial charge in [0.25, 0.3) is 0 Å². The van der Waals surface area contributed by atoms with E-state index in [4.69, 9.17) is 4.74 Å². The second kappa shape index (κ2) is 5.80. The van der Waals surface area contributed by atoms with E-state index in [9.17, 15) is 0 Å². The van der Waals surface area contributed by atoms with Gasteiger partial charge in [-0.05, 0) is 50.7 Å². The molecule has 1 aromatic heterocycles. The molecule has 16 heavy (non-hydrogen) atoms. The Morgan fingerprint density at radius 2 is 2.19 bits per heavy atom. The molecule has 0 saturated heterocycles. The number of rotatable bonds is 6. The standard InChI is InChI=1S/C13H23NOS/c1-6-14-11(9-13(3,4)15-5)12-10(2)7-8-16-12/h7-8,11,14H,6,9H2,1-5H3. The van der Waals surface area contributed by atoms with Gasteiger partial charge in [0.15, 0.2) is 0 Å². The normalized spacial score (nSPS) is 14.1. The summed E-state index contributed by atoms with van der Waals surface area (Å²) >= 11 is 1.83. The van der Waals surface area contributed by atoms with Crippen LogP contribution in [0, 0.1) is 6.92 Å².